The summed E-state index contributed by atoms with van der Waals surface area (Å²) in [5.74, 6) is 1.25. The van der Waals surface area contributed by atoms with Crippen molar-refractivity contribution in [1.82, 2.24) is 16.0 Å². The predicted molar refractivity (Wildman–Crippen MR) is 262 cm³/mol. The molecule has 8 rings (SSSR count). The average Bonchev–Trinajstić information content (AvgIpc) is 3.40. The van der Waals surface area contributed by atoms with Crippen molar-refractivity contribution in [2.45, 2.75) is 67.9 Å². The number of anilines is 1. The summed E-state index contributed by atoms with van der Waals surface area (Å²) in [4.78, 5) is 53.4. The number of hydrogen-bond acceptors (Lipinski definition) is 13. The van der Waals surface area contributed by atoms with Crippen molar-refractivity contribution in [3.8, 4) is 51.4 Å². The van der Waals surface area contributed by atoms with E-state index in [1.165, 1.54) is 36.0 Å². The molecule has 2 heterocycles. The molecule has 0 bridgehead atoms. The van der Waals surface area contributed by atoms with Gasteiger partial charge in [0.2, 0.25) is 17.6 Å². The first kappa shape index (κ1) is 47.5. The van der Waals surface area contributed by atoms with Crippen LogP contribution < -0.4 is 45.6 Å². The zero-order chi connectivity index (χ0) is 48.1. The number of hydrogen-bond donors (Lipinski definition) is 6. The molecule has 0 aromatic heterocycles. The molecule has 0 saturated carbocycles. The SMILES string of the molecule is COc1cc2c(c(OC)c1OC)-c1ccc(SC)c(=O)cc1[C@@H](NC(=O)CCCCCCC(=O)NCCNC(=S)Nc1ccc3c(c1)C(=O)OC31c3ccc(O)cc3Oc3cc(O)ccc31)CC2. The molecule has 5 aromatic carbocycles. The third-order valence-corrected chi connectivity index (χ3v) is 13.4. The first-order chi connectivity index (χ1) is 32.9. The number of methoxy groups -OCH3 is 3. The van der Waals surface area contributed by atoms with Crippen molar-refractivity contribution < 1.29 is 48.3 Å². The van der Waals surface area contributed by atoms with Gasteiger partial charge in [0.15, 0.2) is 27.6 Å². The van der Waals surface area contributed by atoms with Crippen LogP contribution in [-0.2, 0) is 26.3 Å². The molecular formula is C51H52N4O11S2. The van der Waals surface area contributed by atoms with E-state index < -0.39 is 17.6 Å². The van der Waals surface area contributed by atoms with E-state index in [4.69, 9.17) is 35.9 Å². The number of benzene rings is 4. The van der Waals surface area contributed by atoms with Crippen LogP contribution in [0.1, 0.15) is 89.2 Å². The number of ether oxygens (including phenoxy) is 5. The molecule has 2 amide bonds. The maximum absolute atomic E-state index is 13.5. The Hall–Kier alpha value is -6.98. The number of unbranched alkanes of at least 4 members (excludes halogenated alkanes) is 3. The van der Waals surface area contributed by atoms with Gasteiger partial charge < -0.3 is 55.2 Å². The predicted octanol–water partition coefficient (Wildman–Crippen LogP) is 7.99. The highest BCUT2D eigenvalue weighted by atomic mass is 32.2. The Morgan fingerprint density at radius 1 is 0.765 bits per heavy atom. The number of fused-ring (bicyclic) bond motifs is 9. The molecule has 3 aliphatic rings. The van der Waals surface area contributed by atoms with E-state index in [2.05, 4.69) is 21.3 Å². The number of rotatable bonds is 16. The number of phenols is 2. The van der Waals surface area contributed by atoms with Gasteiger partial charge in [-0.1, -0.05) is 25.0 Å². The van der Waals surface area contributed by atoms with Crippen molar-refractivity contribution in [3.63, 3.8) is 0 Å². The van der Waals surface area contributed by atoms with Crippen LogP contribution >= 0.6 is 24.0 Å². The van der Waals surface area contributed by atoms with Crippen LogP contribution in [0.5, 0.6) is 40.2 Å². The second-order valence-corrected chi connectivity index (χ2v) is 17.8. The molecule has 1 spiro atoms. The molecule has 0 fully saturated rings. The minimum Gasteiger partial charge on any atom is -0.508 e. The number of thioether (sulfide) groups is 1. The fourth-order valence-electron chi connectivity index (χ4n) is 9.23. The van der Waals surface area contributed by atoms with E-state index in [-0.39, 0.29) is 28.7 Å². The fraction of sp³-hybridized carbons (Fsp3) is 0.314. The van der Waals surface area contributed by atoms with Gasteiger partial charge in [0, 0.05) is 66.0 Å². The van der Waals surface area contributed by atoms with Crippen molar-refractivity contribution in [1.29, 1.82) is 0 Å². The molecule has 17 heteroatoms. The molecule has 0 unspecified atom stereocenters. The van der Waals surface area contributed by atoms with Crippen molar-refractivity contribution >= 4 is 52.6 Å². The molecule has 1 atom stereocenters. The zero-order valence-corrected chi connectivity index (χ0v) is 39.7. The Labute approximate surface area is 402 Å². The second-order valence-electron chi connectivity index (χ2n) is 16.6. The Bertz CT molecular complexity index is 2820. The molecule has 15 nitrogen and oxygen atoms in total. The first-order valence-corrected chi connectivity index (χ1v) is 23.9. The van der Waals surface area contributed by atoms with Gasteiger partial charge in [-0.2, -0.15) is 0 Å². The van der Waals surface area contributed by atoms with Crippen LogP contribution in [0.15, 0.2) is 88.6 Å². The third kappa shape index (κ3) is 9.45. The molecule has 354 valence electrons. The van der Waals surface area contributed by atoms with Crippen LogP contribution in [0.25, 0.3) is 11.1 Å². The van der Waals surface area contributed by atoms with Crippen LogP contribution in [0.3, 0.4) is 0 Å². The number of aryl methyl sites for hydroxylation is 1. The standard InChI is InChI=1S/C51H52N4O11S2/c1-62-42-23-28-11-19-38(33-27-39(58)43(68-4)20-15-32(33)46(28)48(64-3)47(42)63-2)55-45(60)10-8-6-5-7-9-44(59)52-21-22-53-50(67)54-29-12-16-35-34(24-29)49(61)66-51(35)36-17-13-30(56)25-40(36)65-41-26-31(57)14-18-37(41)51/h12-18,20,23-27,38,56-57H,5-11,19,21-22H2,1-4H3,(H,52,59)(H,55,60)(H2,53,54,67)/t38-/m0/s1. The smallest absolute Gasteiger partial charge is 0.340 e. The number of aromatic hydroxyl groups is 2. The highest BCUT2D eigenvalue weighted by Crippen LogP contribution is 2.57. The van der Waals surface area contributed by atoms with Gasteiger partial charge in [0.05, 0.1) is 37.8 Å². The number of nitrogens with one attached hydrogen (secondary N) is 4. The average molecular weight is 961 g/mol. The number of phenolic OH excluding ortho intramolecular Hbond substituents is 2. The lowest BCUT2D eigenvalue weighted by Gasteiger charge is -2.36. The lowest BCUT2D eigenvalue weighted by molar-refractivity contribution is -0.122. The summed E-state index contributed by atoms with van der Waals surface area (Å²) in [6.07, 6.45) is 6.54. The van der Waals surface area contributed by atoms with Gasteiger partial charge in [-0.3, -0.25) is 14.4 Å². The quantitative estimate of drug-likeness (QED) is 0.0240. The highest BCUT2D eigenvalue weighted by molar-refractivity contribution is 7.98. The lowest BCUT2D eigenvalue weighted by Crippen LogP contribution is -2.36. The van der Waals surface area contributed by atoms with Crippen LogP contribution in [0.4, 0.5) is 5.69 Å². The first-order valence-electron chi connectivity index (χ1n) is 22.3. The van der Waals surface area contributed by atoms with E-state index in [1.54, 1.807) is 57.7 Å². The normalized spacial score (nSPS) is 14.6. The fourth-order valence-corrected chi connectivity index (χ4v) is 9.92. The zero-order valence-electron chi connectivity index (χ0n) is 38.0. The minimum absolute atomic E-state index is 0.0295. The molecule has 1 aliphatic carbocycles. The van der Waals surface area contributed by atoms with Crippen LogP contribution in [-0.4, -0.2) is 73.8 Å². The van der Waals surface area contributed by atoms with E-state index in [9.17, 15) is 29.4 Å². The van der Waals surface area contributed by atoms with E-state index in [0.717, 1.165) is 35.1 Å². The monoisotopic (exact) mass is 960 g/mol. The Morgan fingerprint density at radius 3 is 2.09 bits per heavy atom. The van der Waals surface area contributed by atoms with Gasteiger partial charge in [0.25, 0.3) is 0 Å². The van der Waals surface area contributed by atoms with Crippen molar-refractivity contribution in [2.75, 3.05) is 46.0 Å². The minimum atomic E-state index is -1.37. The van der Waals surface area contributed by atoms with Crippen molar-refractivity contribution in [2.24, 2.45) is 0 Å². The number of amides is 2. The van der Waals surface area contributed by atoms with Crippen LogP contribution in [0.2, 0.25) is 0 Å². The molecule has 0 radical (unpaired) electrons. The Morgan fingerprint density at radius 2 is 1.43 bits per heavy atom. The summed E-state index contributed by atoms with van der Waals surface area (Å²) in [6.45, 7) is 0.691. The third-order valence-electron chi connectivity index (χ3n) is 12.4. The maximum Gasteiger partial charge on any atom is 0.340 e. The summed E-state index contributed by atoms with van der Waals surface area (Å²) in [5, 5.41) is 32.9. The topological polar surface area (TPSA) is 203 Å². The molecule has 6 N–H and O–H groups in total. The van der Waals surface area contributed by atoms with E-state index in [1.807, 2.05) is 24.5 Å². The van der Waals surface area contributed by atoms with Gasteiger partial charge in [-0.25, -0.2) is 4.79 Å². The number of carbonyl (C=O) groups is 3. The Kier molecular flexibility index (Phi) is 14.3. The number of thiocarbonyl (C=S) groups is 1. The molecule has 2 aliphatic heterocycles. The van der Waals surface area contributed by atoms with Gasteiger partial charge in [0.1, 0.15) is 23.0 Å². The van der Waals surface area contributed by atoms with E-state index >= 15 is 0 Å². The Balaban J connectivity index is 0.780. The largest absolute Gasteiger partial charge is 0.508 e. The van der Waals surface area contributed by atoms with Crippen molar-refractivity contribution in [3.05, 3.63) is 122 Å². The van der Waals surface area contributed by atoms with Gasteiger partial charge in [-0.05, 0) is 115 Å². The summed E-state index contributed by atoms with van der Waals surface area (Å²) in [7, 11) is 4.70. The summed E-state index contributed by atoms with van der Waals surface area (Å²) in [5.41, 5.74) is 4.25. The molecule has 0 saturated heterocycles. The molecule has 5 aromatic rings. The summed E-state index contributed by atoms with van der Waals surface area (Å²) < 4.78 is 29.4. The maximum atomic E-state index is 13.5. The number of carbonyl (C=O) groups excluding carboxylic acids is 3. The molecule has 68 heavy (non-hydrogen) atoms. The summed E-state index contributed by atoms with van der Waals surface area (Å²) >= 11 is 6.88. The van der Waals surface area contributed by atoms with Crippen LogP contribution in [0, 0.1) is 0 Å². The van der Waals surface area contributed by atoms with Gasteiger partial charge in [-0.15, -0.1) is 11.8 Å². The summed E-state index contributed by atoms with van der Waals surface area (Å²) in [6, 6.07) is 21.2. The highest BCUT2D eigenvalue weighted by Gasteiger charge is 2.53. The van der Waals surface area contributed by atoms with E-state index in [0.29, 0.717) is 118 Å². The lowest BCUT2D eigenvalue weighted by atomic mass is 9.77. The van der Waals surface area contributed by atoms with Gasteiger partial charge >= 0.3 is 5.97 Å². The molecular weight excluding hydrogens is 909 g/mol. The number of esters is 1. The second kappa shape index (κ2) is 20.5.